The molecular formula is C19H23FN4O3S. The molecule has 7 nitrogen and oxygen atoms in total. The molecule has 2 fully saturated rings. The Morgan fingerprint density at radius 3 is 2.57 bits per heavy atom. The van der Waals surface area contributed by atoms with Gasteiger partial charge >= 0.3 is 0 Å². The molecule has 4 rings (SSSR count). The topological polar surface area (TPSA) is 84.3 Å². The standard InChI is InChI=1S/C19H23FN4O3S/c1-23-11-18(22-12-23)28(26,27)24-9-16(14-4-6-15(20)7-5-14)17(10-24)19(25)21-8-13-2-3-13/h4-7,11-13,16-17H,2-3,8-10H2,1H3,(H,21,25). The quantitative estimate of drug-likeness (QED) is 0.788. The number of carbonyl (C=O) groups is 1. The monoisotopic (exact) mass is 406 g/mol. The molecule has 2 aliphatic rings. The van der Waals surface area contributed by atoms with Crippen molar-refractivity contribution in [3.8, 4) is 0 Å². The van der Waals surface area contributed by atoms with Gasteiger partial charge in [-0.25, -0.2) is 17.8 Å². The number of aromatic nitrogens is 2. The van der Waals surface area contributed by atoms with Gasteiger partial charge in [-0.1, -0.05) is 12.1 Å². The van der Waals surface area contributed by atoms with E-state index in [-0.39, 0.29) is 35.8 Å². The number of rotatable bonds is 6. The SMILES string of the molecule is Cn1cnc(S(=O)(=O)N2CC(C(=O)NCC3CC3)C(c3ccc(F)cc3)C2)c1. The number of nitrogens with one attached hydrogen (secondary N) is 1. The van der Waals surface area contributed by atoms with Gasteiger partial charge in [-0.2, -0.15) is 4.31 Å². The highest BCUT2D eigenvalue weighted by Crippen LogP contribution is 2.36. The molecule has 2 aromatic rings. The van der Waals surface area contributed by atoms with Gasteiger partial charge < -0.3 is 9.88 Å². The summed E-state index contributed by atoms with van der Waals surface area (Å²) in [4.78, 5) is 16.8. The van der Waals surface area contributed by atoms with Crippen LogP contribution < -0.4 is 5.32 Å². The Bertz CT molecular complexity index is 969. The molecule has 1 aliphatic carbocycles. The van der Waals surface area contributed by atoms with Crippen LogP contribution in [0, 0.1) is 17.7 Å². The van der Waals surface area contributed by atoms with Gasteiger partial charge in [0.1, 0.15) is 5.82 Å². The molecule has 2 heterocycles. The molecule has 1 aromatic carbocycles. The summed E-state index contributed by atoms with van der Waals surface area (Å²) in [6.07, 6.45) is 5.11. The van der Waals surface area contributed by atoms with E-state index in [4.69, 9.17) is 0 Å². The number of hydrogen-bond donors (Lipinski definition) is 1. The Kier molecular flexibility index (Phi) is 4.96. The molecule has 150 valence electrons. The summed E-state index contributed by atoms with van der Waals surface area (Å²) >= 11 is 0. The summed E-state index contributed by atoms with van der Waals surface area (Å²) in [5.41, 5.74) is 0.756. The first-order valence-electron chi connectivity index (χ1n) is 9.36. The zero-order valence-corrected chi connectivity index (χ0v) is 16.4. The predicted octanol–water partition coefficient (Wildman–Crippen LogP) is 1.49. The van der Waals surface area contributed by atoms with Crippen LogP contribution in [-0.4, -0.2) is 47.8 Å². The maximum atomic E-state index is 13.3. The summed E-state index contributed by atoms with van der Waals surface area (Å²) in [6.45, 7) is 0.863. The molecule has 1 N–H and O–H groups in total. The van der Waals surface area contributed by atoms with Gasteiger partial charge in [-0.15, -0.1) is 0 Å². The second kappa shape index (κ2) is 7.29. The van der Waals surface area contributed by atoms with Crippen molar-refractivity contribution in [3.63, 3.8) is 0 Å². The first-order chi connectivity index (χ1) is 13.3. The zero-order chi connectivity index (χ0) is 19.9. The van der Waals surface area contributed by atoms with E-state index >= 15 is 0 Å². The third-order valence-electron chi connectivity index (χ3n) is 5.47. The first-order valence-corrected chi connectivity index (χ1v) is 10.8. The number of imidazole rings is 1. The summed E-state index contributed by atoms with van der Waals surface area (Å²) in [6, 6.07) is 5.92. The Balaban J connectivity index is 1.60. The normalized spacial score (nSPS) is 23.1. The van der Waals surface area contributed by atoms with Crippen molar-refractivity contribution in [1.29, 1.82) is 0 Å². The van der Waals surface area contributed by atoms with Crippen molar-refractivity contribution in [1.82, 2.24) is 19.2 Å². The number of aryl methyl sites for hydroxylation is 1. The third kappa shape index (κ3) is 3.81. The van der Waals surface area contributed by atoms with E-state index in [1.807, 2.05) is 0 Å². The van der Waals surface area contributed by atoms with E-state index in [9.17, 15) is 17.6 Å². The molecule has 1 aliphatic heterocycles. The lowest BCUT2D eigenvalue weighted by Crippen LogP contribution is -2.36. The molecule has 2 unspecified atom stereocenters. The van der Waals surface area contributed by atoms with E-state index < -0.39 is 15.9 Å². The number of carbonyl (C=O) groups excluding carboxylic acids is 1. The number of nitrogens with zero attached hydrogens (tertiary/aromatic N) is 3. The van der Waals surface area contributed by atoms with Crippen LogP contribution in [0.25, 0.3) is 0 Å². The summed E-state index contributed by atoms with van der Waals surface area (Å²) in [5.74, 6) is -0.849. The van der Waals surface area contributed by atoms with Gasteiger partial charge in [0.15, 0.2) is 5.03 Å². The smallest absolute Gasteiger partial charge is 0.262 e. The number of halogens is 1. The van der Waals surface area contributed by atoms with E-state index in [1.165, 1.54) is 29.0 Å². The van der Waals surface area contributed by atoms with Crippen LogP contribution in [-0.2, 0) is 21.9 Å². The molecule has 0 radical (unpaired) electrons. The minimum Gasteiger partial charge on any atom is -0.356 e. The first kappa shape index (κ1) is 19.1. The Morgan fingerprint density at radius 1 is 1.25 bits per heavy atom. The molecule has 2 atom stereocenters. The average Bonchev–Trinajstić information content (AvgIpc) is 3.20. The molecular weight excluding hydrogens is 383 g/mol. The minimum absolute atomic E-state index is 0.0353. The molecule has 28 heavy (non-hydrogen) atoms. The maximum Gasteiger partial charge on any atom is 0.262 e. The molecule has 0 bridgehead atoms. The van der Waals surface area contributed by atoms with Gasteiger partial charge in [0.05, 0.1) is 12.2 Å². The highest BCUT2D eigenvalue weighted by Gasteiger charge is 2.44. The van der Waals surface area contributed by atoms with E-state index in [0.717, 1.165) is 18.4 Å². The van der Waals surface area contributed by atoms with Gasteiger partial charge in [-0.3, -0.25) is 4.79 Å². The van der Waals surface area contributed by atoms with Gasteiger partial charge in [0.25, 0.3) is 10.0 Å². The highest BCUT2D eigenvalue weighted by atomic mass is 32.2. The van der Waals surface area contributed by atoms with Crippen molar-refractivity contribution >= 4 is 15.9 Å². The number of benzene rings is 1. The van der Waals surface area contributed by atoms with Crippen molar-refractivity contribution in [2.45, 2.75) is 23.8 Å². The summed E-state index contributed by atoms with van der Waals surface area (Å²) in [7, 11) is -2.11. The Labute approximate surface area is 163 Å². The summed E-state index contributed by atoms with van der Waals surface area (Å²) in [5, 5.41) is 2.92. The number of sulfonamides is 1. The van der Waals surface area contributed by atoms with Crippen molar-refractivity contribution < 1.29 is 17.6 Å². The zero-order valence-electron chi connectivity index (χ0n) is 15.6. The van der Waals surface area contributed by atoms with Crippen LogP contribution in [0.4, 0.5) is 4.39 Å². The van der Waals surface area contributed by atoms with Crippen molar-refractivity contribution in [2.75, 3.05) is 19.6 Å². The molecule has 1 aromatic heterocycles. The van der Waals surface area contributed by atoms with E-state index in [2.05, 4.69) is 10.3 Å². The van der Waals surface area contributed by atoms with Crippen LogP contribution in [0.5, 0.6) is 0 Å². The van der Waals surface area contributed by atoms with E-state index in [0.29, 0.717) is 12.5 Å². The Hall–Kier alpha value is -2.26. The van der Waals surface area contributed by atoms with Crippen LogP contribution >= 0.6 is 0 Å². The van der Waals surface area contributed by atoms with Gasteiger partial charge in [-0.05, 0) is 36.5 Å². The largest absolute Gasteiger partial charge is 0.356 e. The second-order valence-corrected chi connectivity index (χ2v) is 9.54. The predicted molar refractivity (Wildman–Crippen MR) is 100 cm³/mol. The average molecular weight is 406 g/mol. The minimum atomic E-state index is -3.80. The second-order valence-electron chi connectivity index (χ2n) is 7.65. The third-order valence-corrected chi connectivity index (χ3v) is 7.19. The molecule has 1 saturated heterocycles. The summed E-state index contributed by atoms with van der Waals surface area (Å²) < 4.78 is 42.2. The molecule has 0 spiro atoms. The lowest BCUT2D eigenvalue weighted by Gasteiger charge is -2.18. The maximum absolute atomic E-state index is 13.3. The highest BCUT2D eigenvalue weighted by molar-refractivity contribution is 7.89. The lowest BCUT2D eigenvalue weighted by atomic mass is 9.88. The molecule has 1 amide bonds. The Morgan fingerprint density at radius 2 is 1.96 bits per heavy atom. The fraction of sp³-hybridized carbons (Fsp3) is 0.474. The lowest BCUT2D eigenvalue weighted by molar-refractivity contribution is -0.124. The fourth-order valence-electron chi connectivity index (χ4n) is 3.63. The molecule has 1 saturated carbocycles. The van der Waals surface area contributed by atoms with Gasteiger partial charge in [0, 0.05) is 38.8 Å². The number of hydrogen-bond acceptors (Lipinski definition) is 4. The molecule has 9 heteroatoms. The van der Waals surface area contributed by atoms with Crippen molar-refractivity contribution in [2.24, 2.45) is 18.9 Å². The van der Waals surface area contributed by atoms with Crippen LogP contribution in [0.15, 0.2) is 41.8 Å². The van der Waals surface area contributed by atoms with Crippen molar-refractivity contribution in [3.05, 3.63) is 48.2 Å². The van der Waals surface area contributed by atoms with Crippen LogP contribution in [0.1, 0.15) is 24.3 Å². The van der Waals surface area contributed by atoms with Crippen LogP contribution in [0.2, 0.25) is 0 Å². The fourth-order valence-corrected chi connectivity index (χ4v) is 5.09. The van der Waals surface area contributed by atoms with Crippen LogP contribution in [0.3, 0.4) is 0 Å². The van der Waals surface area contributed by atoms with E-state index in [1.54, 1.807) is 23.7 Å². The van der Waals surface area contributed by atoms with Gasteiger partial charge in [0.2, 0.25) is 5.91 Å². The number of amides is 1.